The van der Waals surface area contributed by atoms with Crippen molar-refractivity contribution in [3.63, 3.8) is 0 Å². The van der Waals surface area contributed by atoms with Gasteiger partial charge in [-0.15, -0.1) is 0 Å². The van der Waals surface area contributed by atoms with Crippen molar-refractivity contribution in [3.8, 4) is 0 Å². The first kappa shape index (κ1) is 13.2. The Hall–Kier alpha value is -0.870. The van der Waals surface area contributed by atoms with Gasteiger partial charge in [0.05, 0.1) is 0 Å². The predicted octanol–water partition coefficient (Wildman–Crippen LogP) is 2.04. The SMILES string of the molecule is Cc1cnc(Cl)nc1N(C)CCCCCO. The fourth-order valence-electron chi connectivity index (χ4n) is 1.54. The van der Waals surface area contributed by atoms with Crippen LogP contribution in [0.4, 0.5) is 5.82 Å². The number of unbranched alkanes of at least 4 members (excludes halogenated alkanes) is 2. The van der Waals surface area contributed by atoms with Gasteiger partial charge >= 0.3 is 0 Å². The van der Waals surface area contributed by atoms with Gasteiger partial charge in [-0.05, 0) is 37.8 Å². The van der Waals surface area contributed by atoms with Crippen LogP contribution in [0.25, 0.3) is 0 Å². The van der Waals surface area contributed by atoms with E-state index in [1.54, 1.807) is 6.20 Å². The van der Waals surface area contributed by atoms with Crippen LogP contribution >= 0.6 is 11.6 Å². The number of aryl methyl sites for hydroxylation is 1. The Labute approximate surface area is 101 Å². The van der Waals surface area contributed by atoms with E-state index in [2.05, 4.69) is 14.9 Å². The number of halogens is 1. The number of hydrogen-bond acceptors (Lipinski definition) is 4. The van der Waals surface area contributed by atoms with E-state index < -0.39 is 0 Å². The zero-order valence-corrected chi connectivity index (χ0v) is 10.5. The van der Waals surface area contributed by atoms with Gasteiger partial charge in [0.1, 0.15) is 5.82 Å². The minimum Gasteiger partial charge on any atom is -0.396 e. The molecule has 0 aromatic carbocycles. The Bertz CT molecular complexity index is 333. The second kappa shape index (κ2) is 6.66. The van der Waals surface area contributed by atoms with Gasteiger partial charge in [0.2, 0.25) is 5.28 Å². The van der Waals surface area contributed by atoms with Crippen LogP contribution < -0.4 is 4.90 Å². The molecule has 0 unspecified atom stereocenters. The Morgan fingerprint density at radius 1 is 1.38 bits per heavy atom. The van der Waals surface area contributed by atoms with Crippen LogP contribution in [0.5, 0.6) is 0 Å². The van der Waals surface area contributed by atoms with Gasteiger partial charge in [0.15, 0.2) is 0 Å². The van der Waals surface area contributed by atoms with Crippen LogP contribution in [0.3, 0.4) is 0 Å². The molecule has 16 heavy (non-hydrogen) atoms. The molecule has 0 spiro atoms. The normalized spacial score (nSPS) is 10.5. The summed E-state index contributed by atoms with van der Waals surface area (Å²) in [6.07, 6.45) is 4.66. The predicted molar refractivity (Wildman–Crippen MR) is 66.0 cm³/mol. The highest BCUT2D eigenvalue weighted by atomic mass is 35.5. The van der Waals surface area contributed by atoms with E-state index in [1.807, 2.05) is 14.0 Å². The highest BCUT2D eigenvalue weighted by Crippen LogP contribution is 2.17. The number of nitrogens with zero attached hydrogens (tertiary/aromatic N) is 3. The van der Waals surface area contributed by atoms with Gasteiger partial charge in [-0.2, -0.15) is 0 Å². The van der Waals surface area contributed by atoms with Gasteiger partial charge in [-0.25, -0.2) is 9.97 Å². The van der Waals surface area contributed by atoms with E-state index in [0.29, 0.717) is 0 Å². The number of aliphatic hydroxyl groups is 1. The summed E-state index contributed by atoms with van der Waals surface area (Å²) in [6, 6.07) is 0. The maximum absolute atomic E-state index is 8.68. The van der Waals surface area contributed by atoms with Crippen molar-refractivity contribution in [1.29, 1.82) is 0 Å². The summed E-state index contributed by atoms with van der Waals surface area (Å²) < 4.78 is 0. The molecule has 1 aromatic heterocycles. The van der Waals surface area contributed by atoms with Crippen molar-refractivity contribution in [2.75, 3.05) is 25.1 Å². The van der Waals surface area contributed by atoms with Crippen molar-refractivity contribution in [3.05, 3.63) is 17.0 Å². The van der Waals surface area contributed by atoms with E-state index >= 15 is 0 Å². The third-order valence-corrected chi connectivity index (χ3v) is 2.61. The first-order chi connectivity index (χ1) is 7.65. The minimum atomic E-state index is 0.266. The van der Waals surface area contributed by atoms with Crippen molar-refractivity contribution >= 4 is 17.4 Å². The highest BCUT2D eigenvalue weighted by molar-refractivity contribution is 6.28. The maximum atomic E-state index is 8.68. The Kier molecular flexibility index (Phi) is 5.49. The second-order valence-electron chi connectivity index (χ2n) is 3.85. The van der Waals surface area contributed by atoms with Crippen molar-refractivity contribution in [2.24, 2.45) is 0 Å². The van der Waals surface area contributed by atoms with E-state index in [9.17, 15) is 0 Å². The Morgan fingerprint density at radius 3 is 2.81 bits per heavy atom. The van der Waals surface area contributed by atoms with Gasteiger partial charge in [0.25, 0.3) is 0 Å². The van der Waals surface area contributed by atoms with Gasteiger partial charge in [-0.3, -0.25) is 0 Å². The second-order valence-corrected chi connectivity index (χ2v) is 4.19. The van der Waals surface area contributed by atoms with Gasteiger partial charge in [-0.1, -0.05) is 0 Å². The molecule has 1 heterocycles. The minimum absolute atomic E-state index is 0.266. The largest absolute Gasteiger partial charge is 0.396 e. The van der Waals surface area contributed by atoms with E-state index in [1.165, 1.54) is 0 Å². The molecule has 0 saturated heterocycles. The standard InChI is InChI=1S/C11H18ClN3O/c1-9-8-13-11(12)14-10(9)15(2)6-4-3-5-7-16/h8,16H,3-7H2,1-2H3. The fourth-order valence-corrected chi connectivity index (χ4v) is 1.67. The summed E-state index contributed by atoms with van der Waals surface area (Å²) in [6.45, 7) is 3.14. The van der Waals surface area contributed by atoms with Gasteiger partial charge in [0, 0.05) is 32.0 Å². The monoisotopic (exact) mass is 243 g/mol. The molecule has 0 aliphatic heterocycles. The summed E-state index contributed by atoms with van der Waals surface area (Å²) in [5, 5.41) is 8.96. The highest BCUT2D eigenvalue weighted by Gasteiger charge is 2.07. The molecule has 0 aliphatic rings. The Morgan fingerprint density at radius 2 is 2.12 bits per heavy atom. The Balaban J connectivity index is 2.51. The summed E-state index contributed by atoms with van der Waals surface area (Å²) in [5.74, 6) is 0.879. The number of anilines is 1. The first-order valence-corrected chi connectivity index (χ1v) is 5.84. The molecule has 0 saturated carbocycles. The summed E-state index contributed by atoms with van der Waals surface area (Å²) >= 11 is 5.76. The number of hydrogen-bond donors (Lipinski definition) is 1. The van der Waals surface area contributed by atoms with Crippen LogP contribution in [-0.4, -0.2) is 35.3 Å². The zero-order valence-electron chi connectivity index (χ0n) is 9.78. The quantitative estimate of drug-likeness (QED) is 0.614. The molecular weight excluding hydrogens is 226 g/mol. The molecular formula is C11H18ClN3O. The molecule has 4 nitrogen and oxygen atoms in total. The third kappa shape index (κ3) is 3.94. The number of aliphatic hydroxyl groups excluding tert-OH is 1. The molecule has 1 rings (SSSR count). The summed E-state index contributed by atoms with van der Waals surface area (Å²) in [4.78, 5) is 10.2. The van der Waals surface area contributed by atoms with E-state index in [4.69, 9.17) is 16.7 Å². The molecule has 1 N–H and O–H groups in total. The molecule has 0 atom stereocenters. The average molecular weight is 244 g/mol. The molecule has 0 amide bonds. The van der Waals surface area contributed by atoms with Crippen LogP contribution in [0.15, 0.2) is 6.20 Å². The van der Waals surface area contributed by atoms with Crippen molar-refractivity contribution in [2.45, 2.75) is 26.2 Å². The molecule has 5 heteroatoms. The third-order valence-electron chi connectivity index (χ3n) is 2.43. The van der Waals surface area contributed by atoms with E-state index in [0.717, 1.165) is 37.2 Å². The lowest BCUT2D eigenvalue weighted by Gasteiger charge is -2.19. The van der Waals surface area contributed by atoms with Crippen molar-refractivity contribution in [1.82, 2.24) is 9.97 Å². The van der Waals surface area contributed by atoms with Crippen LogP contribution in [0.1, 0.15) is 24.8 Å². The molecule has 1 aromatic rings. The molecule has 0 bridgehead atoms. The number of aromatic nitrogens is 2. The lowest BCUT2D eigenvalue weighted by Crippen LogP contribution is -2.21. The molecule has 0 radical (unpaired) electrons. The van der Waals surface area contributed by atoms with Crippen molar-refractivity contribution < 1.29 is 5.11 Å². The zero-order chi connectivity index (χ0) is 12.0. The smallest absolute Gasteiger partial charge is 0.224 e. The summed E-state index contributed by atoms with van der Waals surface area (Å²) in [5.41, 5.74) is 1.02. The maximum Gasteiger partial charge on any atom is 0.224 e. The van der Waals surface area contributed by atoms with E-state index in [-0.39, 0.29) is 11.9 Å². The van der Waals surface area contributed by atoms with Crippen LogP contribution in [0, 0.1) is 6.92 Å². The lowest BCUT2D eigenvalue weighted by molar-refractivity contribution is 0.283. The fraction of sp³-hybridized carbons (Fsp3) is 0.636. The first-order valence-electron chi connectivity index (χ1n) is 5.46. The molecule has 0 aliphatic carbocycles. The number of rotatable bonds is 6. The molecule has 0 fully saturated rings. The average Bonchev–Trinajstić information content (AvgIpc) is 2.27. The molecule has 90 valence electrons. The lowest BCUT2D eigenvalue weighted by atomic mass is 10.2. The van der Waals surface area contributed by atoms with Gasteiger partial charge < -0.3 is 10.0 Å². The van der Waals surface area contributed by atoms with Crippen LogP contribution in [-0.2, 0) is 0 Å². The summed E-state index contributed by atoms with van der Waals surface area (Å²) in [7, 11) is 1.99. The van der Waals surface area contributed by atoms with Crippen LogP contribution in [0.2, 0.25) is 5.28 Å². The topological polar surface area (TPSA) is 49.2 Å².